The molecule has 1 N–H and O–H groups in total. The predicted octanol–water partition coefficient (Wildman–Crippen LogP) is 2.17. The summed E-state index contributed by atoms with van der Waals surface area (Å²) in [5, 5.41) is 5.28. The third-order valence-corrected chi connectivity index (χ3v) is 5.60. The summed E-state index contributed by atoms with van der Waals surface area (Å²) in [5.41, 5.74) is 0. The van der Waals surface area contributed by atoms with E-state index in [-0.39, 0.29) is 6.03 Å². The Morgan fingerprint density at radius 2 is 2.23 bits per heavy atom. The molecule has 2 unspecified atom stereocenters. The summed E-state index contributed by atoms with van der Waals surface area (Å²) < 4.78 is 5.30. The van der Waals surface area contributed by atoms with E-state index in [0.717, 1.165) is 13.1 Å². The molecule has 122 valence electrons. The second-order valence-electron chi connectivity index (χ2n) is 6.13. The van der Waals surface area contributed by atoms with Crippen LogP contribution in [0.1, 0.15) is 23.8 Å². The molecule has 6 heteroatoms. The molecule has 1 aromatic heterocycles. The number of urea groups is 1. The number of carbonyl (C=O) groups is 1. The Bertz CT molecular complexity index is 474. The van der Waals surface area contributed by atoms with Gasteiger partial charge >= 0.3 is 6.03 Å². The molecule has 0 radical (unpaired) electrons. The lowest BCUT2D eigenvalue weighted by atomic mass is 9.88. The van der Waals surface area contributed by atoms with Crippen molar-refractivity contribution >= 4 is 17.4 Å². The maximum atomic E-state index is 12.3. The smallest absolute Gasteiger partial charge is 0.317 e. The number of amides is 2. The van der Waals surface area contributed by atoms with Gasteiger partial charge in [0.1, 0.15) is 0 Å². The highest BCUT2D eigenvalue weighted by molar-refractivity contribution is 7.10. The van der Waals surface area contributed by atoms with E-state index in [0.29, 0.717) is 38.3 Å². The van der Waals surface area contributed by atoms with E-state index in [9.17, 15) is 4.79 Å². The normalized spacial score (nSPS) is 26.9. The number of morpholine rings is 1. The Kier molecular flexibility index (Phi) is 5.33. The predicted molar refractivity (Wildman–Crippen MR) is 88.2 cm³/mol. The molecular weight excluding hydrogens is 298 g/mol. The number of rotatable bonds is 3. The molecule has 5 nitrogen and oxygen atoms in total. The van der Waals surface area contributed by atoms with Gasteiger partial charge in [-0.15, -0.1) is 11.3 Å². The summed E-state index contributed by atoms with van der Waals surface area (Å²) in [6.07, 6.45) is 2.38. The van der Waals surface area contributed by atoms with Gasteiger partial charge in [-0.1, -0.05) is 6.07 Å². The highest BCUT2D eigenvalue weighted by Crippen LogP contribution is 2.36. The standard InChI is InChI=1S/C16H25N3O2S/c1-18-6-2-4-13(15(18)14-5-3-11-22-14)12-17-16(20)19-7-9-21-10-8-19/h3,5,11,13,15H,2,4,6-10,12H2,1H3,(H,17,20). The Hall–Kier alpha value is -1.11. The van der Waals surface area contributed by atoms with Gasteiger partial charge in [-0.3, -0.25) is 4.90 Å². The zero-order valence-corrected chi connectivity index (χ0v) is 14.0. The average molecular weight is 323 g/mol. The molecule has 2 aliphatic rings. The van der Waals surface area contributed by atoms with Gasteiger partial charge in [0.2, 0.25) is 0 Å². The number of nitrogens with one attached hydrogen (secondary N) is 1. The van der Waals surface area contributed by atoms with Gasteiger partial charge in [0.15, 0.2) is 0 Å². The maximum absolute atomic E-state index is 12.3. The number of ether oxygens (including phenoxy) is 1. The fourth-order valence-corrected chi connectivity index (χ4v) is 4.46. The molecule has 2 fully saturated rings. The Morgan fingerprint density at radius 3 is 2.95 bits per heavy atom. The lowest BCUT2D eigenvalue weighted by molar-refractivity contribution is 0.0519. The van der Waals surface area contributed by atoms with Gasteiger partial charge in [-0.05, 0) is 43.8 Å². The first-order valence-corrected chi connectivity index (χ1v) is 8.98. The Balaban J connectivity index is 1.58. The lowest BCUT2D eigenvalue weighted by Crippen LogP contribution is -2.49. The second-order valence-corrected chi connectivity index (χ2v) is 7.11. The van der Waals surface area contributed by atoms with Gasteiger partial charge < -0.3 is 15.0 Å². The fourth-order valence-electron chi connectivity index (χ4n) is 3.48. The minimum absolute atomic E-state index is 0.0569. The summed E-state index contributed by atoms with van der Waals surface area (Å²) in [6, 6.07) is 4.82. The van der Waals surface area contributed by atoms with Gasteiger partial charge in [0, 0.05) is 30.6 Å². The molecule has 2 amide bonds. The molecule has 3 heterocycles. The van der Waals surface area contributed by atoms with Crippen LogP contribution < -0.4 is 5.32 Å². The number of hydrogen-bond donors (Lipinski definition) is 1. The van der Waals surface area contributed by atoms with E-state index >= 15 is 0 Å². The minimum Gasteiger partial charge on any atom is -0.378 e. The van der Waals surface area contributed by atoms with E-state index in [1.54, 1.807) is 0 Å². The first-order chi connectivity index (χ1) is 10.8. The molecule has 1 aromatic rings. The van der Waals surface area contributed by atoms with Crippen molar-refractivity contribution in [2.24, 2.45) is 5.92 Å². The highest BCUT2D eigenvalue weighted by Gasteiger charge is 2.31. The van der Waals surface area contributed by atoms with Crippen LogP contribution in [0.5, 0.6) is 0 Å². The van der Waals surface area contributed by atoms with Gasteiger partial charge in [0.25, 0.3) is 0 Å². The number of piperidine rings is 1. The van der Waals surface area contributed by atoms with Crippen LogP contribution in [0.4, 0.5) is 4.79 Å². The van der Waals surface area contributed by atoms with Crippen LogP contribution in [0.3, 0.4) is 0 Å². The van der Waals surface area contributed by atoms with Crippen molar-refractivity contribution in [3.05, 3.63) is 22.4 Å². The molecule has 0 bridgehead atoms. The van der Waals surface area contributed by atoms with Crippen molar-refractivity contribution in [2.45, 2.75) is 18.9 Å². The monoisotopic (exact) mass is 323 g/mol. The number of likely N-dealkylation sites (tertiary alicyclic amines) is 1. The van der Waals surface area contributed by atoms with Crippen LogP contribution >= 0.6 is 11.3 Å². The zero-order valence-electron chi connectivity index (χ0n) is 13.2. The van der Waals surface area contributed by atoms with Crippen molar-refractivity contribution < 1.29 is 9.53 Å². The van der Waals surface area contributed by atoms with Gasteiger partial charge in [-0.2, -0.15) is 0 Å². The second kappa shape index (κ2) is 7.44. The first kappa shape index (κ1) is 15.8. The zero-order chi connectivity index (χ0) is 15.4. The summed E-state index contributed by atoms with van der Waals surface area (Å²) in [4.78, 5) is 18.0. The molecule has 0 aliphatic carbocycles. The molecule has 0 aromatic carbocycles. The molecule has 22 heavy (non-hydrogen) atoms. The Labute approximate surface area is 136 Å². The van der Waals surface area contributed by atoms with E-state index < -0.39 is 0 Å². The molecule has 2 aliphatic heterocycles. The largest absolute Gasteiger partial charge is 0.378 e. The van der Waals surface area contributed by atoms with E-state index in [2.05, 4.69) is 34.8 Å². The van der Waals surface area contributed by atoms with Crippen molar-refractivity contribution in [2.75, 3.05) is 46.4 Å². The van der Waals surface area contributed by atoms with Crippen molar-refractivity contribution in [3.63, 3.8) is 0 Å². The van der Waals surface area contributed by atoms with Crippen molar-refractivity contribution in [1.29, 1.82) is 0 Å². The van der Waals surface area contributed by atoms with E-state index in [1.165, 1.54) is 17.7 Å². The summed E-state index contributed by atoms with van der Waals surface area (Å²) in [6.45, 7) is 4.59. The molecule has 0 spiro atoms. The van der Waals surface area contributed by atoms with Crippen molar-refractivity contribution in [1.82, 2.24) is 15.1 Å². The molecule has 2 saturated heterocycles. The minimum atomic E-state index is 0.0569. The number of nitrogens with zero attached hydrogens (tertiary/aromatic N) is 2. The van der Waals surface area contributed by atoms with Crippen LogP contribution in [0, 0.1) is 5.92 Å². The highest BCUT2D eigenvalue weighted by atomic mass is 32.1. The third kappa shape index (κ3) is 3.62. The Morgan fingerprint density at radius 1 is 1.41 bits per heavy atom. The molecule has 0 saturated carbocycles. The van der Waals surface area contributed by atoms with Crippen LogP contribution in [0.25, 0.3) is 0 Å². The first-order valence-electron chi connectivity index (χ1n) is 8.10. The van der Waals surface area contributed by atoms with Gasteiger partial charge in [-0.25, -0.2) is 4.79 Å². The molecule has 2 atom stereocenters. The summed E-state index contributed by atoms with van der Waals surface area (Å²) in [7, 11) is 2.19. The molecule has 3 rings (SSSR count). The third-order valence-electron chi connectivity index (χ3n) is 4.66. The van der Waals surface area contributed by atoms with Crippen LogP contribution in [-0.2, 0) is 4.74 Å². The van der Waals surface area contributed by atoms with Crippen LogP contribution in [0.15, 0.2) is 17.5 Å². The van der Waals surface area contributed by atoms with E-state index in [4.69, 9.17) is 4.74 Å². The lowest BCUT2D eigenvalue weighted by Gasteiger charge is -2.39. The number of hydrogen-bond acceptors (Lipinski definition) is 4. The fraction of sp³-hybridized carbons (Fsp3) is 0.688. The maximum Gasteiger partial charge on any atom is 0.317 e. The molecular formula is C16H25N3O2S. The summed E-state index contributed by atoms with van der Waals surface area (Å²) in [5.74, 6) is 0.488. The summed E-state index contributed by atoms with van der Waals surface area (Å²) >= 11 is 1.82. The number of carbonyl (C=O) groups excluding carboxylic acids is 1. The topological polar surface area (TPSA) is 44.8 Å². The van der Waals surface area contributed by atoms with Crippen LogP contribution in [-0.4, -0.2) is 62.3 Å². The SMILES string of the molecule is CN1CCCC(CNC(=O)N2CCOCC2)C1c1cccs1. The quantitative estimate of drug-likeness (QED) is 0.927. The number of thiophene rings is 1. The van der Waals surface area contributed by atoms with E-state index in [1.807, 2.05) is 16.2 Å². The van der Waals surface area contributed by atoms with Gasteiger partial charge in [0.05, 0.1) is 13.2 Å². The average Bonchev–Trinajstić information content (AvgIpc) is 3.07. The van der Waals surface area contributed by atoms with Crippen molar-refractivity contribution in [3.8, 4) is 0 Å². The van der Waals surface area contributed by atoms with Crippen LogP contribution in [0.2, 0.25) is 0 Å².